The van der Waals surface area contributed by atoms with Gasteiger partial charge in [-0.1, -0.05) is 17.8 Å². The first-order valence-corrected chi connectivity index (χ1v) is 11.8. The third-order valence-electron chi connectivity index (χ3n) is 4.80. The summed E-state index contributed by atoms with van der Waals surface area (Å²) in [6.07, 6.45) is 4.27. The molecule has 4 rings (SSSR count). The van der Waals surface area contributed by atoms with Gasteiger partial charge in [0.2, 0.25) is 5.91 Å². The Morgan fingerprint density at radius 3 is 2.71 bits per heavy atom. The molecule has 2 amide bonds. The number of fused-ring (bicyclic) bond motifs is 1. The summed E-state index contributed by atoms with van der Waals surface area (Å²) >= 11 is 2.63. The van der Waals surface area contributed by atoms with Gasteiger partial charge in [0.05, 0.1) is 16.2 Å². The molecule has 1 aromatic carbocycles. The van der Waals surface area contributed by atoms with Gasteiger partial charge in [-0.15, -0.1) is 11.3 Å². The predicted octanol–water partition coefficient (Wildman–Crippen LogP) is 5.66. The number of halogens is 3. The predicted molar refractivity (Wildman–Crippen MR) is 127 cm³/mol. The van der Waals surface area contributed by atoms with Gasteiger partial charge < -0.3 is 10.6 Å². The van der Waals surface area contributed by atoms with Gasteiger partial charge in [-0.05, 0) is 59.0 Å². The Hall–Kier alpha value is -3.37. The number of nitrogens with zero attached hydrogens (tertiary/aromatic N) is 1. The summed E-state index contributed by atoms with van der Waals surface area (Å²) < 4.78 is 38.7. The zero-order chi connectivity index (χ0) is 24.1. The molecule has 3 heterocycles. The minimum atomic E-state index is -4.47. The summed E-state index contributed by atoms with van der Waals surface area (Å²) in [6.45, 7) is 0.411. The SMILES string of the molecule is O=C(/C=C/c1csc(C/C=C2\Sc3ccc(C(F)(F)F)cc3NC2=O)c1)NCc1ccncc1. The lowest BCUT2D eigenvalue weighted by Gasteiger charge is -2.20. The molecule has 0 fully saturated rings. The van der Waals surface area contributed by atoms with Crippen molar-refractivity contribution < 1.29 is 22.8 Å². The van der Waals surface area contributed by atoms with Crippen molar-refractivity contribution in [2.75, 3.05) is 5.32 Å². The molecule has 0 radical (unpaired) electrons. The Labute approximate surface area is 201 Å². The van der Waals surface area contributed by atoms with Gasteiger partial charge in [0.25, 0.3) is 5.91 Å². The van der Waals surface area contributed by atoms with Crippen LogP contribution in [0.4, 0.5) is 18.9 Å². The number of amides is 2. The van der Waals surface area contributed by atoms with Crippen LogP contribution in [0.2, 0.25) is 0 Å². The van der Waals surface area contributed by atoms with Crippen molar-refractivity contribution in [1.29, 1.82) is 0 Å². The molecule has 3 aromatic rings. The Kier molecular flexibility index (Phi) is 7.18. The standard InChI is InChI=1S/C24H18F3N3O2S2/c25-24(26,27)17-2-4-20-19(12-17)30-23(32)21(34-20)5-3-18-11-16(14-33-18)1-6-22(31)29-13-15-7-9-28-10-8-15/h1-2,4-12,14H,3,13H2,(H,29,31)(H,30,32)/b6-1+,21-5-. The average Bonchev–Trinajstić information content (AvgIpc) is 3.27. The van der Waals surface area contributed by atoms with Gasteiger partial charge in [0.15, 0.2) is 0 Å². The van der Waals surface area contributed by atoms with Crippen LogP contribution in [-0.2, 0) is 28.7 Å². The zero-order valence-corrected chi connectivity index (χ0v) is 19.2. The normalized spacial score (nSPS) is 14.8. The molecule has 10 heteroatoms. The molecule has 0 spiro atoms. The molecule has 2 aromatic heterocycles. The van der Waals surface area contributed by atoms with Gasteiger partial charge >= 0.3 is 6.18 Å². The molecule has 0 saturated carbocycles. The monoisotopic (exact) mass is 501 g/mol. The summed E-state index contributed by atoms with van der Waals surface area (Å²) in [5, 5.41) is 7.24. The van der Waals surface area contributed by atoms with Crippen molar-refractivity contribution in [2.45, 2.75) is 24.0 Å². The summed E-state index contributed by atoms with van der Waals surface area (Å²) in [5.74, 6) is -0.645. The number of hydrogen-bond acceptors (Lipinski definition) is 5. The van der Waals surface area contributed by atoms with Gasteiger partial charge in [-0.2, -0.15) is 13.2 Å². The zero-order valence-electron chi connectivity index (χ0n) is 17.6. The smallest absolute Gasteiger partial charge is 0.348 e. The molecule has 34 heavy (non-hydrogen) atoms. The maximum atomic E-state index is 12.9. The Morgan fingerprint density at radius 1 is 1.15 bits per heavy atom. The number of thiophene rings is 1. The number of allylic oxidation sites excluding steroid dienone is 1. The number of nitrogens with one attached hydrogen (secondary N) is 2. The number of anilines is 1. The summed E-state index contributed by atoms with van der Waals surface area (Å²) in [5.41, 5.74) is 1.18. The van der Waals surface area contributed by atoms with Crippen LogP contribution in [0.3, 0.4) is 0 Å². The highest BCUT2D eigenvalue weighted by Crippen LogP contribution is 2.41. The molecular weight excluding hydrogens is 483 g/mol. The van der Waals surface area contributed by atoms with Crippen LogP contribution >= 0.6 is 23.1 Å². The van der Waals surface area contributed by atoms with Gasteiger partial charge in [0.1, 0.15) is 0 Å². The topological polar surface area (TPSA) is 71.1 Å². The average molecular weight is 502 g/mol. The number of rotatable bonds is 6. The first kappa shape index (κ1) is 23.8. The number of carbonyl (C=O) groups excluding carboxylic acids is 2. The second-order valence-electron chi connectivity index (χ2n) is 7.29. The largest absolute Gasteiger partial charge is 0.416 e. The fourth-order valence-electron chi connectivity index (χ4n) is 3.08. The molecule has 0 aliphatic carbocycles. The molecule has 0 bridgehead atoms. The van der Waals surface area contributed by atoms with Gasteiger partial charge in [0, 0.05) is 41.2 Å². The third kappa shape index (κ3) is 6.15. The lowest BCUT2D eigenvalue weighted by molar-refractivity contribution is -0.137. The molecule has 2 N–H and O–H groups in total. The summed E-state index contributed by atoms with van der Waals surface area (Å²) in [6, 6.07) is 8.89. The van der Waals surface area contributed by atoms with Crippen molar-refractivity contribution in [1.82, 2.24) is 10.3 Å². The minimum absolute atomic E-state index is 0.160. The second-order valence-corrected chi connectivity index (χ2v) is 9.37. The lowest BCUT2D eigenvalue weighted by atomic mass is 10.2. The van der Waals surface area contributed by atoms with Crippen molar-refractivity contribution in [2.24, 2.45) is 0 Å². The molecule has 0 unspecified atom stereocenters. The van der Waals surface area contributed by atoms with E-state index in [1.165, 1.54) is 23.5 Å². The van der Waals surface area contributed by atoms with Crippen LogP contribution in [0.25, 0.3) is 6.08 Å². The van der Waals surface area contributed by atoms with Crippen LogP contribution in [0, 0.1) is 0 Å². The van der Waals surface area contributed by atoms with E-state index in [0.717, 1.165) is 39.9 Å². The van der Waals surface area contributed by atoms with Crippen LogP contribution < -0.4 is 10.6 Å². The molecular formula is C24H18F3N3O2S2. The molecule has 0 saturated heterocycles. The fraction of sp³-hybridized carbons (Fsp3) is 0.125. The van der Waals surface area contributed by atoms with Crippen LogP contribution in [0.5, 0.6) is 0 Å². The molecule has 0 atom stereocenters. The molecule has 1 aliphatic heterocycles. The number of aromatic nitrogens is 1. The molecule has 174 valence electrons. The van der Waals surface area contributed by atoms with Crippen LogP contribution in [-0.4, -0.2) is 16.8 Å². The number of hydrogen-bond donors (Lipinski definition) is 2. The van der Waals surface area contributed by atoms with Crippen LogP contribution in [0.15, 0.2) is 76.1 Å². The van der Waals surface area contributed by atoms with Crippen molar-refractivity contribution in [3.63, 3.8) is 0 Å². The minimum Gasteiger partial charge on any atom is -0.348 e. The van der Waals surface area contributed by atoms with Crippen molar-refractivity contribution in [3.05, 3.63) is 92.8 Å². The van der Waals surface area contributed by atoms with E-state index in [1.54, 1.807) is 24.5 Å². The maximum Gasteiger partial charge on any atom is 0.416 e. The molecule has 5 nitrogen and oxygen atoms in total. The lowest BCUT2D eigenvalue weighted by Crippen LogP contribution is -2.20. The number of benzene rings is 1. The fourth-order valence-corrected chi connectivity index (χ4v) is 4.80. The van der Waals surface area contributed by atoms with Crippen LogP contribution in [0.1, 0.15) is 21.6 Å². The number of thioether (sulfide) groups is 1. The van der Waals surface area contributed by atoms with Crippen molar-refractivity contribution >= 4 is 46.7 Å². The van der Waals surface area contributed by atoms with E-state index in [-0.39, 0.29) is 11.6 Å². The highest BCUT2D eigenvalue weighted by atomic mass is 32.2. The first-order valence-electron chi connectivity index (χ1n) is 10.1. The van der Waals surface area contributed by atoms with Gasteiger partial charge in [-0.3, -0.25) is 14.6 Å². The van der Waals surface area contributed by atoms with Gasteiger partial charge in [-0.25, -0.2) is 0 Å². The van der Waals surface area contributed by atoms with Crippen molar-refractivity contribution in [3.8, 4) is 0 Å². The Bertz CT molecular complexity index is 1270. The highest BCUT2D eigenvalue weighted by Gasteiger charge is 2.32. The van der Waals surface area contributed by atoms with E-state index in [0.29, 0.717) is 22.8 Å². The van der Waals surface area contributed by atoms with E-state index in [1.807, 2.05) is 23.6 Å². The summed E-state index contributed by atoms with van der Waals surface area (Å²) in [7, 11) is 0. The van der Waals surface area contributed by atoms with E-state index in [2.05, 4.69) is 15.6 Å². The summed E-state index contributed by atoms with van der Waals surface area (Å²) in [4.78, 5) is 30.3. The second kappa shape index (κ2) is 10.3. The van der Waals surface area contributed by atoms with E-state index < -0.39 is 17.6 Å². The highest BCUT2D eigenvalue weighted by molar-refractivity contribution is 8.04. The van der Waals surface area contributed by atoms with E-state index in [4.69, 9.17) is 0 Å². The third-order valence-corrected chi connectivity index (χ3v) is 6.93. The Morgan fingerprint density at radius 2 is 1.94 bits per heavy atom. The number of alkyl halides is 3. The maximum absolute atomic E-state index is 12.9. The first-order chi connectivity index (χ1) is 16.3. The number of pyridine rings is 1. The Balaban J connectivity index is 1.34. The molecule has 1 aliphatic rings. The van der Waals surface area contributed by atoms with E-state index in [9.17, 15) is 22.8 Å². The van der Waals surface area contributed by atoms with E-state index >= 15 is 0 Å². The number of carbonyl (C=O) groups is 2. The quantitative estimate of drug-likeness (QED) is 0.428.